The first-order chi connectivity index (χ1) is 14.5. The molecule has 30 heavy (non-hydrogen) atoms. The molecule has 2 aliphatic rings. The van der Waals surface area contributed by atoms with Gasteiger partial charge in [0.2, 0.25) is 11.8 Å². The first kappa shape index (κ1) is 20.3. The number of carbonyl (C=O) groups excluding carboxylic acids is 3. The maximum absolute atomic E-state index is 12.8. The second-order valence-corrected chi connectivity index (χ2v) is 7.88. The van der Waals surface area contributed by atoms with Crippen LogP contribution in [0.15, 0.2) is 48.5 Å². The summed E-state index contributed by atoms with van der Waals surface area (Å²) in [6.07, 6.45) is 0.633. The molecular formula is C23H26N4O3. The summed E-state index contributed by atoms with van der Waals surface area (Å²) in [5, 5.41) is 2.34. The number of piperidine rings is 1. The van der Waals surface area contributed by atoms with Gasteiger partial charge in [0.1, 0.15) is 6.04 Å². The van der Waals surface area contributed by atoms with Gasteiger partial charge >= 0.3 is 0 Å². The summed E-state index contributed by atoms with van der Waals surface area (Å²) in [5.41, 5.74) is 9.71. The van der Waals surface area contributed by atoms with Gasteiger partial charge in [0.05, 0.1) is 0 Å². The molecule has 4 rings (SSSR count). The van der Waals surface area contributed by atoms with E-state index in [-0.39, 0.29) is 24.1 Å². The van der Waals surface area contributed by atoms with Gasteiger partial charge in [-0.1, -0.05) is 42.5 Å². The Hall–Kier alpha value is -3.03. The summed E-state index contributed by atoms with van der Waals surface area (Å²) in [7, 11) is 0. The van der Waals surface area contributed by atoms with Crippen LogP contribution in [-0.2, 0) is 29.2 Å². The Labute approximate surface area is 175 Å². The molecule has 2 aromatic rings. The molecule has 7 nitrogen and oxygen atoms in total. The van der Waals surface area contributed by atoms with Crippen molar-refractivity contribution < 1.29 is 14.4 Å². The highest BCUT2D eigenvalue weighted by Crippen LogP contribution is 2.28. The molecular weight excluding hydrogens is 380 g/mol. The average Bonchev–Trinajstić information content (AvgIpc) is 3.05. The number of imide groups is 1. The maximum atomic E-state index is 12.8. The topological polar surface area (TPSA) is 95.7 Å². The summed E-state index contributed by atoms with van der Waals surface area (Å²) in [6, 6.07) is 15.5. The van der Waals surface area contributed by atoms with Crippen LogP contribution < -0.4 is 11.1 Å². The molecule has 0 saturated carbocycles. The summed E-state index contributed by atoms with van der Waals surface area (Å²) < 4.78 is 0. The number of hydrogen-bond acceptors (Lipinski definition) is 5. The lowest BCUT2D eigenvalue weighted by molar-refractivity contribution is -0.136. The monoisotopic (exact) mass is 406 g/mol. The van der Waals surface area contributed by atoms with Crippen LogP contribution >= 0.6 is 0 Å². The van der Waals surface area contributed by atoms with Crippen molar-refractivity contribution in [3.63, 3.8) is 0 Å². The van der Waals surface area contributed by atoms with Gasteiger partial charge in [0, 0.05) is 44.7 Å². The lowest BCUT2D eigenvalue weighted by Crippen LogP contribution is -2.52. The van der Waals surface area contributed by atoms with E-state index in [4.69, 9.17) is 5.73 Å². The van der Waals surface area contributed by atoms with E-state index in [1.165, 1.54) is 5.56 Å². The maximum Gasteiger partial charge on any atom is 0.255 e. The predicted octanol–water partition coefficient (Wildman–Crippen LogP) is 1.41. The van der Waals surface area contributed by atoms with Gasteiger partial charge in [-0.2, -0.15) is 0 Å². The molecule has 1 saturated heterocycles. The summed E-state index contributed by atoms with van der Waals surface area (Å²) in [6.45, 7) is 3.26. The number of hydrogen-bond donors (Lipinski definition) is 2. The van der Waals surface area contributed by atoms with E-state index in [1.54, 1.807) is 4.90 Å². The third kappa shape index (κ3) is 4.27. The molecule has 0 aromatic heterocycles. The highest BCUT2D eigenvalue weighted by atomic mass is 16.2. The van der Waals surface area contributed by atoms with E-state index in [2.05, 4.69) is 22.3 Å². The minimum absolute atomic E-state index is 0.144. The zero-order chi connectivity index (χ0) is 21.1. The van der Waals surface area contributed by atoms with Crippen LogP contribution in [-0.4, -0.2) is 46.7 Å². The molecule has 2 aromatic carbocycles. The second-order valence-electron chi connectivity index (χ2n) is 7.88. The van der Waals surface area contributed by atoms with E-state index < -0.39 is 6.04 Å². The van der Waals surface area contributed by atoms with Crippen molar-refractivity contribution in [3.8, 4) is 0 Å². The first-order valence-electron chi connectivity index (χ1n) is 10.3. The van der Waals surface area contributed by atoms with Gasteiger partial charge in [-0.25, -0.2) is 0 Å². The van der Waals surface area contributed by atoms with Gasteiger partial charge in [-0.15, -0.1) is 0 Å². The highest BCUT2D eigenvalue weighted by molar-refractivity contribution is 6.05. The van der Waals surface area contributed by atoms with Gasteiger partial charge in [-0.05, 0) is 29.2 Å². The number of benzene rings is 2. The molecule has 2 heterocycles. The van der Waals surface area contributed by atoms with Gasteiger partial charge in [0.15, 0.2) is 0 Å². The SMILES string of the molecule is NCCN(Cc1ccccc1)Cc1ccc2c(c1)CN(C1CCC(=O)NC1=O)C2=O. The third-order valence-corrected chi connectivity index (χ3v) is 5.69. The molecule has 3 N–H and O–H groups in total. The normalized spacial score (nSPS) is 18.7. The molecule has 1 atom stereocenters. The van der Waals surface area contributed by atoms with Crippen molar-refractivity contribution in [2.75, 3.05) is 13.1 Å². The molecule has 1 unspecified atom stereocenters. The molecule has 2 aliphatic heterocycles. The number of nitrogens with zero attached hydrogens (tertiary/aromatic N) is 2. The Bertz CT molecular complexity index is 960. The van der Waals surface area contributed by atoms with Crippen LogP contribution in [0.3, 0.4) is 0 Å². The van der Waals surface area contributed by atoms with Gasteiger partial charge in [-0.3, -0.25) is 24.6 Å². The fraction of sp³-hybridized carbons (Fsp3) is 0.348. The third-order valence-electron chi connectivity index (χ3n) is 5.69. The smallest absolute Gasteiger partial charge is 0.255 e. The lowest BCUT2D eigenvalue weighted by atomic mass is 10.0. The number of amides is 3. The molecule has 1 fully saturated rings. The fourth-order valence-electron chi connectivity index (χ4n) is 4.22. The lowest BCUT2D eigenvalue weighted by Gasteiger charge is -2.29. The Balaban J connectivity index is 1.47. The van der Waals surface area contributed by atoms with Crippen molar-refractivity contribution in [1.29, 1.82) is 0 Å². The van der Waals surface area contributed by atoms with E-state index >= 15 is 0 Å². The molecule has 0 bridgehead atoms. The molecule has 7 heteroatoms. The van der Waals surface area contributed by atoms with Crippen molar-refractivity contribution in [2.45, 2.75) is 38.5 Å². The van der Waals surface area contributed by atoms with Crippen molar-refractivity contribution in [3.05, 3.63) is 70.8 Å². The van der Waals surface area contributed by atoms with Crippen LogP contribution in [0.1, 0.15) is 39.9 Å². The van der Waals surface area contributed by atoms with E-state index in [0.29, 0.717) is 25.1 Å². The Morgan fingerprint density at radius 1 is 1.03 bits per heavy atom. The molecule has 0 radical (unpaired) electrons. The fourth-order valence-corrected chi connectivity index (χ4v) is 4.22. The van der Waals surface area contributed by atoms with E-state index in [0.717, 1.165) is 30.8 Å². The number of nitrogens with two attached hydrogens (primary N) is 1. The van der Waals surface area contributed by atoms with Crippen LogP contribution in [0, 0.1) is 0 Å². The quantitative estimate of drug-likeness (QED) is 0.678. The summed E-state index contributed by atoms with van der Waals surface area (Å²) in [4.78, 5) is 40.3. The Morgan fingerprint density at radius 3 is 2.53 bits per heavy atom. The summed E-state index contributed by atoms with van der Waals surface area (Å²) in [5.74, 6) is -0.806. The average molecular weight is 406 g/mol. The minimum atomic E-state index is -0.585. The van der Waals surface area contributed by atoms with E-state index in [9.17, 15) is 14.4 Å². The van der Waals surface area contributed by atoms with E-state index in [1.807, 2.05) is 36.4 Å². The first-order valence-corrected chi connectivity index (χ1v) is 10.3. The second kappa shape index (κ2) is 8.77. The van der Waals surface area contributed by atoms with Crippen molar-refractivity contribution in [1.82, 2.24) is 15.1 Å². The number of fused-ring (bicyclic) bond motifs is 1. The van der Waals surface area contributed by atoms with Gasteiger partial charge in [0.25, 0.3) is 5.91 Å². The van der Waals surface area contributed by atoms with Crippen molar-refractivity contribution in [2.24, 2.45) is 5.73 Å². The molecule has 0 aliphatic carbocycles. The Morgan fingerprint density at radius 2 is 1.80 bits per heavy atom. The highest BCUT2D eigenvalue weighted by Gasteiger charge is 2.39. The standard InChI is InChI=1S/C23H26N4O3/c24-10-11-26(13-16-4-2-1-3-5-16)14-17-6-7-19-18(12-17)15-27(23(19)30)20-8-9-21(28)25-22(20)29/h1-7,12,20H,8-11,13-15,24H2,(H,25,28,29). The zero-order valence-electron chi connectivity index (χ0n) is 16.8. The summed E-state index contributed by atoms with van der Waals surface area (Å²) >= 11 is 0. The molecule has 156 valence electrons. The largest absolute Gasteiger partial charge is 0.329 e. The van der Waals surface area contributed by atoms with Crippen molar-refractivity contribution >= 4 is 17.7 Å². The molecule has 0 spiro atoms. The minimum Gasteiger partial charge on any atom is -0.329 e. The predicted molar refractivity (Wildman–Crippen MR) is 112 cm³/mol. The Kier molecular flexibility index (Phi) is 5.92. The molecule has 3 amide bonds. The van der Waals surface area contributed by atoms with Crippen LogP contribution in [0.25, 0.3) is 0 Å². The number of rotatable bonds is 7. The van der Waals surface area contributed by atoms with Crippen LogP contribution in [0.4, 0.5) is 0 Å². The number of carbonyl (C=O) groups is 3. The van der Waals surface area contributed by atoms with Gasteiger partial charge < -0.3 is 10.6 Å². The number of nitrogens with one attached hydrogen (secondary N) is 1. The zero-order valence-corrected chi connectivity index (χ0v) is 16.8. The van der Waals surface area contributed by atoms with Crippen LogP contribution in [0.2, 0.25) is 0 Å². The van der Waals surface area contributed by atoms with Crippen LogP contribution in [0.5, 0.6) is 0 Å².